The Morgan fingerprint density at radius 2 is 1.81 bits per heavy atom. The quantitative estimate of drug-likeness (QED) is 0.691. The number of nitrogens with zero attached hydrogens (tertiary/aromatic N) is 2. The molecule has 1 atom stereocenters. The number of hydrogen-bond donors (Lipinski definition) is 2. The van der Waals surface area contributed by atoms with Gasteiger partial charge in [0, 0.05) is 49.9 Å². The first-order valence-corrected chi connectivity index (χ1v) is 12.9. The summed E-state index contributed by atoms with van der Waals surface area (Å²) in [5.74, 6) is 0.408. The van der Waals surface area contributed by atoms with Gasteiger partial charge in [0.1, 0.15) is 0 Å². The minimum absolute atomic E-state index is 0.0599. The van der Waals surface area contributed by atoms with Gasteiger partial charge in [-0.05, 0) is 61.2 Å². The van der Waals surface area contributed by atoms with E-state index >= 15 is 0 Å². The Labute approximate surface area is 194 Å². The van der Waals surface area contributed by atoms with Crippen LogP contribution in [0.25, 0.3) is 0 Å². The zero-order valence-electron chi connectivity index (χ0n) is 18.2. The van der Waals surface area contributed by atoms with Crippen molar-refractivity contribution in [2.24, 2.45) is 5.92 Å². The Hall–Kier alpha value is -2.29. The molecule has 2 aliphatic heterocycles. The van der Waals surface area contributed by atoms with E-state index in [1.165, 1.54) is 12.1 Å². The maximum atomic E-state index is 13.2. The van der Waals surface area contributed by atoms with E-state index in [1.807, 2.05) is 11.0 Å². The number of likely N-dealkylation sites (tertiary alicyclic amines) is 1. The summed E-state index contributed by atoms with van der Waals surface area (Å²) < 4.78 is 28.9. The summed E-state index contributed by atoms with van der Waals surface area (Å²) in [5, 5.41) is 3.77. The monoisotopic (exact) mass is 476 g/mol. The molecule has 4 rings (SSSR count). The average molecular weight is 477 g/mol. The number of hydrogen-bond acceptors (Lipinski definition) is 5. The van der Waals surface area contributed by atoms with Crippen LogP contribution in [-0.4, -0.2) is 58.5 Å². The van der Waals surface area contributed by atoms with Gasteiger partial charge in [-0.15, -0.1) is 0 Å². The SMILES string of the molecule is C[C@H]1CCCN(C(=O)c2ccc(N3CCNCC3)c(NS(=O)(=O)c3ccc(Cl)cc3)c2)C1. The fourth-order valence-electron chi connectivity index (χ4n) is 4.31. The highest BCUT2D eigenvalue weighted by molar-refractivity contribution is 7.92. The van der Waals surface area contributed by atoms with Crippen molar-refractivity contribution in [1.29, 1.82) is 0 Å². The minimum Gasteiger partial charge on any atom is -0.367 e. The summed E-state index contributed by atoms with van der Waals surface area (Å²) in [7, 11) is -3.84. The summed E-state index contributed by atoms with van der Waals surface area (Å²) in [6, 6.07) is 11.4. The molecule has 32 heavy (non-hydrogen) atoms. The lowest BCUT2D eigenvalue weighted by molar-refractivity contribution is 0.0683. The van der Waals surface area contributed by atoms with Crippen LogP contribution in [0.15, 0.2) is 47.4 Å². The minimum atomic E-state index is -3.84. The molecule has 9 heteroatoms. The molecule has 2 aromatic carbocycles. The van der Waals surface area contributed by atoms with E-state index in [0.29, 0.717) is 22.2 Å². The highest BCUT2D eigenvalue weighted by Crippen LogP contribution is 2.31. The number of halogens is 1. The molecule has 0 aromatic heterocycles. The maximum Gasteiger partial charge on any atom is 0.261 e. The van der Waals surface area contributed by atoms with E-state index < -0.39 is 10.0 Å². The van der Waals surface area contributed by atoms with Crippen molar-refractivity contribution >= 4 is 38.9 Å². The molecule has 2 N–H and O–H groups in total. The highest BCUT2D eigenvalue weighted by atomic mass is 35.5. The molecular weight excluding hydrogens is 448 g/mol. The van der Waals surface area contributed by atoms with Crippen LogP contribution >= 0.6 is 11.6 Å². The zero-order chi connectivity index (χ0) is 22.7. The van der Waals surface area contributed by atoms with Crippen molar-refractivity contribution in [3.8, 4) is 0 Å². The van der Waals surface area contributed by atoms with Gasteiger partial charge in [-0.3, -0.25) is 9.52 Å². The number of rotatable bonds is 5. The van der Waals surface area contributed by atoms with Crippen molar-refractivity contribution < 1.29 is 13.2 Å². The lowest BCUT2D eigenvalue weighted by Gasteiger charge is -2.33. The van der Waals surface area contributed by atoms with Crippen LogP contribution in [0.1, 0.15) is 30.1 Å². The number of piperazine rings is 1. The van der Waals surface area contributed by atoms with Crippen molar-refractivity contribution in [2.45, 2.75) is 24.7 Å². The molecule has 1 amide bonds. The Kier molecular flexibility index (Phi) is 6.93. The number of carbonyl (C=O) groups is 1. The number of carbonyl (C=O) groups excluding carboxylic acids is 1. The van der Waals surface area contributed by atoms with Gasteiger partial charge < -0.3 is 15.1 Å². The first kappa shape index (κ1) is 22.9. The van der Waals surface area contributed by atoms with Crippen LogP contribution in [0, 0.1) is 5.92 Å². The van der Waals surface area contributed by atoms with Gasteiger partial charge in [-0.2, -0.15) is 0 Å². The molecule has 0 aliphatic carbocycles. The third-order valence-corrected chi connectivity index (χ3v) is 7.65. The van der Waals surface area contributed by atoms with Crippen LogP contribution in [0.5, 0.6) is 0 Å². The van der Waals surface area contributed by atoms with Crippen LogP contribution < -0.4 is 14.9 Å². The highest BCUT2D eigenvalue weighted by Gasteiger charge is 2.25. The Morgan fingerprint density at radius 1 is 1.09 bits per heavy atom. The molecule has 2 aliphatic rings. The summed E-state index contributed by atoms with van der Waals surface area (Å²) in [4.78, 5) is 17.3. The number of benzene rings is 2. The summed E-state index contributed by atoms with van der Waals surface area (Å²) in [6.07, 6.45) is 2.11. The predicted octanol–water partition coefficient (Wildman–Crippen LogP) is 3.42. The molecule has 7 nitrogen and oxygen atoms in total. The van der Waals surface area contributed by atoms with Crippen LogP contribution in [-0.2, 0) is 10.0 Å². The number of sulfonamides is 1. The topological polar surface area (TPSA) is 81.8 Å². The second kappa shape index (κ2) is 9.68. The zero-order valence-corrected chi connectivity index (χ0v) is 19.8. The van der Waals surface area contributed by atoms with Crippen LogP contribution in [0.2, 0.25) is 5.02 Å². The lowest BCUT2D eigenvalue weighted by Crippen LogP contribution is -2.44. The van der Waals surface area contributed by atoms with E-state index in [2.05, 4.69) is 21.9 Å². The van der Waals surface area contributed by atoms with Gasteiger partial charge in [0.2, 0.25) is 0 Å². The normalized spacial score (nSPS) is 19.6. The van der Waals surface area contributed by atoms with E-state index in [9.17, 15) is 13.2 Å². The van der Waals surface area contributed by atoms with Crippen molar-refractivity contribution in [3.63, 3.8) is 0 Å². The molecule has 2 heterocycles. The van der Waals surface area contributed by atoms with E-state index in [-0.39, 0.29) is 10.8 Å². The smallest absolute Gasteiger partial charge is 0.261 e. The van der Waals surface area contributed by atoms with Gasteiger partial charge in [0.15, 0.2) is 0 Å². The second-order valence-corrected chi connectivity index (χ2v) is 10.6. The number of amides is 1. The molecule has 0 spiro atoms. The van der Waals surface area contributed by atoms with Crippen molar-refractivity contribution in [2.75, 3.05) is 48.9 Å². The fraction of sp³-hybridized carbons (Fsp3) is 0.435. The molecule has 0 radical (unpaired) electrons. The molecule has 0 bridgehead atoms. The van der Waals surface area contributed by atoms with E-state index in [4.69, 9.17) is 11.6 Å². The fourth-order valence-corrected chi connectivity index (χ4v) is 5.50. The molecule has 2 aromatic rings. The summed E-state index contributed by atoms with van der Waals surface area (Å²) in [5.41, 5.74) is 1.68. The molecule has 0 unspecified atom stereocenters. The Morgan fingerprint density at radius 3 is 2.50 bits per heavy atom. The molecular formula is C23H29ClN4O3S. The van der Waals surface area contributed by atoms with Gasteiger partial charge in [-0.25, -0.2) is 8.42 Å². The number of nitrogens with one attached hydrogen (secondary N) is 2. The standard InChI is InChI=1S/C23H29ClN4O3S/c1-17-3-2-12-28(16-17)23(29)18-4-9-22(27-13-10-25-11-14-27)21(15-18)26-32(30,31)20-7-5-19(24)6-8-20/h4-9,15,17,25-26H,2-3,10-14,16H2,1H3/t17-/m0/s1. The van der Waals surface area contributed by atoms with Gasteiger partial charge in [0.05, 0.1) is 16.3 Å². The first-order valence-electron chi connectivity index (χ1n) is 11.0. The Balaban J connectivity index is 1.67. The van der Waals surface area contributed by atoms with Gasteiger partial charge in [0.25, 0.3) is 15.9 Å². The molecule has 0 saturated carbocycles. The largest absolute Gasteiger partial charge is 0.367 e. The maximum absolute atomic E-state index is 13.2. The van der Waals surface area contributed by atoms with E-state index in [1.54, 1.807) is 24.3 Å². The lowest BCUT2D eigenvalue weighted by atomic mass is 9.99. The third kappa shape index (κ3) is 5.19. The summed E-state index contributed by atoms with van der Waals surface area (Å²) in [6.45, 7) is 6.75. The summed E-state index contributed by atoms with van der Waals surface area (Å²) >= 11 is 5.92. The van der Waals surface area contributed by atoms with Gasteiger partial charge in [-0.1, -0.05) is 18.5 Å². The van der Waals surface area contributed by atoms with Crippen molar-refractivity contribution in [1.82, 2.24) is 10.2 Å². The predicted molar refractivity (Wildman–Crippen MR) is 128 cm³/mol. The molecule has 2 saturated heterocycles. The van der Waals surface area contributed by atoms with Crippen LogP contribution in [0.4, 0.5) is 11.4 Å². The third-order valence-electron chi connectivity index (χ3n) is 6.01. The molecule has 2 fully saturated rings. The number of anilines is 2. The average Bonchev–Trinajstić information content (AvgIpc) is 2.79. The number of piperidine rings is 1. The first-order chi connectivity index (χ1) is 15.3. The second-order valence-electron chi connectivity index (χ2n) is 8.53. The van der Waals surface area contributed by atoms with E-state index in [0.717, 1.165) is 57.8 Å². The van der Waals surface area contributed by atoms with Crippen molar-refractivity contribution in [3.05, 3.63) is 53.1 Å². The van der Waals surface area contributed by atoms with Gasteiger partial charge >= 0.3 is 0 Å². The molecule has 172 valence electrons. The Bertz CT molecular complexity index is 1070. The van der Waals surface area contributed by atoms with Crippen LogP contribution in [0.3, 0.4) is 0 Å².